The lowest BCUT2D eigenvalue weighted by atomic mass is 9.99. The number of nitrogens with zero attached hydrogens (tertiary/aromatic N) is 6. The lowest BCUT2D eigenvalue weighted by Gasteiger charge is -2.11. The second-order valence-corrected chi connectivity index (χ2v) is 9.33. The SMILES string of the molecule is C=CCn1c(-c2sc(NC(=O)CCc3c(C)nc4c(c(C)nn4C)c3C)nc2C)n[nH]c1=S. The van der Waals surface area contributed by atoms with Crippen molar-refractivity contribution in [3.63, 3.8) is 0 Å². The molecule has 2 N–H and O–H groups in total. The van der Waals surface area contributed by atoms with Crippen LogP contribution in [0.1, 0.15) is 34.6 Å². The highest BCUT2D eigenvalue weighted by Crippen LogP contribution is 2.32. The van der Waals surface area contributed by atoms with E-state index in [0.29, 0.717) is 35.1 Å². The molecule has 4 aromatic heterocycles. The number of anilines is 1. The van der Waals surface area contributed by atoms with Gasteiger partial charge >= 0.3 is 0 Å². The van der Waals surface area contributed by atoms with Crippen molar-refractivity contribution in [1.82, 2.24) is 34.5 Å². The van der Waals surface area contributed by atoms with Gasteiger partial charge in [-0.25, -0.2) is 9.97 Å². The van der Waals surface area contributed by atoms with Gasteiger partial charge in [-0.15, -0.1) is 6.58 Å². The molecule has 0 aromatic carbocycles. The summed E-state index contributed by atoms with van der Waals surface area (Å²) in [4.78, 5) is 22.8. The molecule has 1 amide bonds. The summed E-state index contributed by atoms with van der Waals surface area (Å²) in [5.74, 6) is 0.593. The predicted molar refractivity (Wildman–Crippen MR) is 133 cm³/mol. The molecule has 4 rings (SSSR count). The van der Waals surface area contributed by atoms with Crippen LogP contribution >= 0.6 is 23.6 Å². The molecule has 0 unspecified atom stereocenters. The van der Waals surface area contributed by atoms with E-state index in [1.165, 1.54) is 11.3 Å². The first-order valence-electron chi connectivity index (χ1n) is 10.5. The molecule has 0 atom stereocenters. The maximum Gasteiger partial charge on any atom is 0.226 e. The molecule has 172 valence electrons. The number of rotatable bonds is 7. The highest BCUT2D eigenvalue weighted by atomic mass is 32.1. The van der Waals surface area contributed by atoms with Crippen molar-refractivity contribution in [2.75, 3.05) is 5.32 Å². The largest absolute Gasteiger partial charge is 0.302 e. The molecule has 0 aliphatic rings. The number of fused-ring (bicyclic) bond motifs is 1. The van der Waals surface area contributed by atoms with Crippen LogP contribution in [0.25, 0.3) is 21.7 Å². The molecule has 11 heteroatoms. The number of aromatic nitrogens is 7. The van der Waals surface area contributed by atoms with Gasteiger partial charge in [-0.2, -0.15) is 10.2 Å². The summed E-state index contributed by atoms with van der Waals surface area (Å²) in [5, 5.41) is 16.2. The minimum absolute atomic E-state index is 0.0953. The molecule has 0 spiro atoms. The lowest BCUT2D eigenvalue weighted by molar-refractivity contribution is -0.116. The number of aromatic amines is 1. The van der Waals surface area contributed by atoms with Crippen LogP contribution in [-0.2, 0) is 24.8 Å². The van der Waals surface area contributed by atoms with E-state index in [4.69, 9.17) is 17.2 Å². The number of hydrogen-bond donors (Lipinski definition) is 2. The van der Waals surface area contributed by atoms with E-state index in [0.717, 1.165) is 44.1 Å². The fourth-order valence-electron chi connectivity index (χ4n) is 4.10. The van der Waals surface area contributed by atoms with Gasteiger partial charge in [0.15, 0.2) is 21.4 Å². The number of H-pyrrole nitrogens is 1. The van der Waals surface area contributed by atoms with Crippen LogP contribution in [0.4, 0.5) is 5.13 Å². The highest BCUT2D eigenvalue weighted by Gasteiger charge is 2.19. The number of aryl methyl sites for hydroxylation is 5. The van der Waals surface area contributed by atoms with Gasteiger partial charge in [0.1, 0.15) is 0 Å². The van der Waals surface area contributed by atoms with Crippen molar-refractivity contribution < 1.29 is 4.79 Å². The Morgan fingerprint density at radius 2 is 1.97 bits per heavy atom. The standard InChI is InChI=1S/C22H26N8OS2/c1-7-10-30-20(26-27-22(30)32)18-14(5)24-21(33-18)25-16(31)9-8-15-11(2)17-13(4)28-29(6)19(17)23-12(15)3/h7H,1,8-10H2,2-6H3,(H,27,32)(H,24,25,31). The molecule has 0 saturated heterocycles. The van der Waals surface area contributed by atoms with Crippen LogP contribution in [0.2, 0.25) is 0 Å². The average molecular weight is 483 g/mol. The molecular formula is C22H26N8OS2. The fraction of sp³-hybridized carbons (Fsp3) is 0.364. The van der Waals surface area contributed by atoms with Crippen LogP contribution in [0, 0.1) is 32.5 Å². The monoisotopic (exact) mass is 482 g/mol. The van der Waals surface area contributed by atoms with Gasteiger partial charge in [0.2, 0.25) is 5.91 Å². The molecule has 0 aliphatic carbocycles. The molecule has 0 aliphatic heterocycles. The van der Waals surface area contributed by atoms with Gasteiger partial charge in [0, 0.05) is 31.1 Å². The van der Waals surface area contributed by atoms with E-state index >= 15 is 0 Å². The summed E-state index contributed by atoms with van der Waals surface area (Å²) < 4.78 is 4.17. The second kappa shape index (κ2) is 8.99. The number of pyridine rings is 1. The summed E-state index contributed by atoms with van der Waals surface area (Å²) in [7, 11) is 1.90. The summed E-state index contributed by atoms with van der Waals surface area (Å²) >= 11 is 6.68. The Morgan fingerprint density at radius 1 is 1.21 bits per heavy atom. The third-order valence-electron chi connectivity index (χ3n) is 5.65. The number of carbonyl (C=O) groups excluding carboxylic acids is 1. The molecule has 9 nitrogen and oxygen atoms in total. The van der Waals surface area contributed by atoms with Gasteiger partial charge in [0.25, 0.3) is 0 Å². The average Bonchev–Trinajstić information content (AvgIpc) is 3.37. The summed E-state index contributed by atoms with van der Waals surface area (Å²) in [5.41, 5.74) is 5.74. The minimum Gasteiger partial charge on any atom is -0.302 e. The summed E-state index contributed by atoms with van der Waals surface area (Å²) in [6, 6.07) is 0. The van der Waals surface area contributed by atoms with Crippen molar-refractivity contribution in [3.8, 4) is 10.7 Å². The van der Waals surface area contributed by atoms with Gasteiger partial charge in [-0.05, 0) is 57.5 Å². The van der Waals surface area contributed by atoms with E-state index in [2.05, 4.69) is 39.1 Å². The number of thiazole rings is 1. The zero-order valence-electron chi connectivity index (χ0n) is 19.3. The van der Waals surface area contributed by atoms with Crippen molar-refractivity contribution in [1.29, 1.82) is 0 Å². The number of allylic oxidation sites excluding steroid dienone is 1. The molecular weight excluding hydrogens is 456 g/mol. The van der Waals surface area contributed by atoms with E-state index in [1.54, 1.807) is 10.8 Å². The smallest absolute Gasteiger partial charge is 0.226 e. The van der Waals surface area contributed by atoms with Crippen LogP contribution in [0.5, 0.6) is 0 Å². The Morgan fingerprint density at radius 3 is 2.70 bits per heavy atom. The molecule has 33 heavy (non-hydrogen) atoms. The number of hydrogen-bond acceptors (Lipinski definition) is 7. The third kappa shape index (κ3) is 4.25. The highest BCUT2D eigenvalue weighted by molar-refractivity contribution is 7.71. The van der Waals surface area contributed by atoms with E-state index in [1.807, 2.05) is 32.4 Å². The zero-order valence-corrected chi connectivity index (χ0v) is 20.9. The van der Waals surface area contributed by atoms with E-state index < -0.39 is 0 Å². The maximum atomic E-state index is 12.7. The number of carbonyl (C=O) groups is 1. The molecule has 0 bridgehead atoms. The van der Waals surface area contributed by atoms with Crippen molar-refractivity contribution >= 4 is 45.6 Å². The van der Waals surface area contributed by atoms with Crippen molar-refractivity contribution in [2.24, 2.45) is 7.05 Å². The summed E-state index contributed by atoms with van der Waals surface area (Å²) in [6.07, 6.45) is 2.68. The van der Waals surface area contributed by atoms with Gasteiger partial charge in [-0.3, -0.25) is 19.1 Å². The lowest BCUT2D eigenvalue weighted by Crippen LogP contribution is -2.13. The van der Waals surface area contributed by atoms with Crippen molar-refractivity contribution in [3.05, 3.63) is 45.6 Å². The quantitative estimate of drug-likeness (QED) is 0.300. The second-order valence-electron chi connectivity index (χ2n) is 7.94. The number of amides is 1. The van der Waals surface area contributed by atoms with Gasteiger partial charge < -0.3 is 5.32 Å². The number of nitrogens with one attached hydrogen (secondary N) is 2. The van der Waals surface area contributed by atoms with Crippen molar-refractivity contribution in [2.45, 2.75) is 47.1 Å². The van der Waals surface area contributed by atoms with Crippen LogP contribution < -0.4 is 5.32 Å². The molecule has 4 aromatic rings. The Kier molecular flexibility index (Phi) is 6.26. The third-order valence-corrected chi connectivity index (χ3v) is 7.03. The van der Waals surface area contributed by atoms with Gasteiger partial charge in [0.05, 0.1) is 16.3 Å². The Hall–Kier alpha value is -3.18. The Bertz CT molecular complexity index is 1440. The minimum atomic E-state index is -0.0953. The first-order valence-corrected chi connectivity index (χ1v) is 11.8. The zero-order chi connectivity index (χ0) is 23.9. The first-order chi connectivity index (χ1) is 15.7. The van der Waals surface area contributed by atoms with Crippen LogP contribution in [0.15, 0.2) is 12.7 Å². The molecule has 0 radical (unpaired) electrons. The molecule has 0 saturated carbocycles. The Balaban J connectivity index is 1.51. The normalized spacial score (nSPS) is 11.3. The van der Waals surface area contributed by atoms with Crippen LogP contribution in [-0.4, -0.2) is 40.4 Å². The maximum absolute atomic E-state index is 12.7. The topological polar surface area (TPSA) is 106 Å². The molecule has 0 fully saturated rings. The van der Waals surface area contributed by atoms with E-state index in [9.17, 15) is 4.79 Å². The predicted octanol–water partition coefficient (Wildman–Crippen LogP) is 4.34. The summed E-state index contributed by atoms with van der Waals surface area (Å²) in [6.45, 7) is 12.2. The van der Waals surface area contributed by atoms with Gasteiger partial charge in [-0.1, -0.05) is 17.4 Å². The Labute approximate surface area is 200 Å². The molecule has 4 heterocycles. The van der Waals surface area contributed by atoms with E-state index in [-0.39, 0.29) is 5.91 Å². The van der Waals surface area contributed by atoms with Crippen LogP contribution in [0.3, 0.4) is 0 Å². The first kappa shape index (κ1) is 23.0. The fourth-order valence-corrected chi connectivity index (χ4v) is 5.29.